The van der Waals surface area contributed by atoms with Gasteiger partial charge in [0.25, 0.3) is 0 Å². The second-order valence-corrected chi connectivity index (χ2v) is 4.40. The first-order chi connectivity index (χ1) is 6.77. The zero-order valence-electron chi connectivity index (χ0n) is 8.62. The van der Waals surface area contributed by atoms with Gasteiger partial charge in [-0.1, -0.05) is 19.8 Å². The highest BCUT2D eigenvalue weighted by molar-refractivity contribution is 5.96. The van der Waals surface area contributed by atoms with Crippen LogP contribution in [0.5, 0.6) is 0 Å². The first kappa shape index (κ1) is 9.50. The number of ketones is 1. The summed E-state index contributed by atoms with van der Waals surface area (Å²) in [6, 6.07) is 3.76. The molecule has 1 fully saturated rings. The Balaban J connectivity index is 1.99. The highest BCUT2D eigenvalue weighted by atomic mass is 16.1. The molecule has 2 heteroatoms. The van der Waals surface area contributed by atoms with Crippen LogP contribution in [-0.2, 0) is 0 Å². The molecule has 2 rings (SSSR count). The number of carbonyl (C=O) groups excluding carboxylic acids is 1. The predicted octanol–water partition coefficient (Wildman–Crippen LogP) is 3.02. The van der Waals surface area contributed by atoms with Crippen molar-refractivity contribution in [2.75, 3.05) is 0 Å². The standard InChI is InChI=1S/C12H17NO/c1-9-4-6-10(7-5-9)12(14)11-3-2-8-13-11/h2-3,8-10,13H,4-7H2,1H3. The summed E-state index contributed by atoms with van der Waals surface area (Å²) in [6.07, 6.45) is 6.37. The summed E-state index contributed by atoms with van der Waals surface area (Å²) in [5.74, 6) is 1.38. The van der Waals surface area contributed by atoms with Crippen molar-refractivity contribution in [3.63, 3.8) is 0 Å². The quantitative estimate of drug-likeness (QED) is 0.716. The summed E-state index contributed by atoms with van der Waals surface area (Å²) >= 11 is 0. The molecule has 14 heavy (non-hydrogen) atoms. The van der Waals surface area contributed by atoms with Crippen LogP contribution < -0.4 is 0 Å². The van der Waals surface area contributed by atoms with E-state index in [0.29, 0.717) is 5.78 Å². The third-order valence-corrected chi connectivity index (χ3v) is 3.25. The van der Waals surface area contributed by atoms with Gasteiger partial charge >= 0.3 is 0 Å². The van der Waals surface area contributed by atoms with Gasteiger partial charge in [-0.25, -0.2) is 0 Å². The molecule has 0 aromatic carbocycles. The molecule has 0 atom stereocenters. The van der Waals surface area contributed by atoms with Crippen LogP contribution in [0, 0.1) is 11.8 Å². The molecule has 0 radical (unpaired) electrons. The van der Waals surface area contributed by atoms with Gasteiger partial charge in [-0.15, -0.1) is 0 Å². The van der Waals surface area contributed by atoms with Gasteiger partial charge in [-0.05, 0) is 30.9 Å². The van der Waals surface area contributed by atoms with Gasteiger partial charge in [0.1, 0.15) is 0 Å². The van der Waals surface area contributed by atoms with Crippen LogP contribution in [0.25, 0.3) is 0 Å². The lowest BCUT2D eigenvalue weighted by Gasteiger charge is -2.24. The molecule has 0 unspecified atom stereocenters. The summed E-state index contributed by atoms with van der Waals surface area (Å²) in [5.41, 5.74) is 0.782. The smallest absolute Gasteiger partial charge is 0.182 e. The van der Waals surface area contributed by atoms with E-state index in [-0.39, 0.29) is 5.92 Å². The first-order valence-electron chi connectivity index (χ1n) is 5.45. The molecule has 1 aliphatic carbocycles. The van der Waals surface area contributed by atoms with Crippen LogP contribution in [0.15, 0.2) is 18.3 Å². The average molecular weight is 191 g/mol. The van der Waals surface area contributed by atoms with Crippen LogP contribution in [-0.4, -0.2) is 10.8 Å². The second kappa shape index (κ2) is 3.99. The number of carbonyl (C=O) groups is 1. The Labute approximate surface area is 84.7 Å². The lowest BCUT2D eigenvalue weighted by Crippen LogP contribution is -2.21. The van der Waals surface area contributed by atoms with Crippen molar-refractivity contribution in [1.29, 1.82) is 0 Å². The van der Waals surface area contributed by atoms with Crippen LogP contribution in [0.1, 0.15) is 43.1 Å². The fourth-order valence-electron chi connectivity index (χ4n) is 2.23. The van der Waals surface area contributed by atoms with E-state index in [9.17, 15) is 4.79 Å². The maximum atomic E-state index is 11.9. The Kier molecular flexibility index (Phi) is 2.71. The largest absolute Gasteiger partial charge is 0.359 e. The molecular weight excluding hydrogens is 174 g/mol. The maximum Gasteiger partial charge on any atom is 0.182 e. The topological polar surface area (TPSA) is 32.9 Å². The summed E-state index contributed by atoms with van der Waals surface area (Å²) in [4.78, 5) is 14.9. The molecule has 0 spiro atoms. The molecule has 76 valence electrons. The lowest BCUT2D eigenvalue weighted by molar-refractivity contribution is 0.0871. The summed E-state index contributed by atoms with van der Waals surface area (Å²) in [7, 11) is 0. The van der Waals surface area contributed by atoms with Gasteiger partial charge in [0.2, 0.25) is 0 Å². The van der Waals surface area contributed by atoms with E-state index in [1.54, 1.807) is 0 Å². The minimum Gasteiger partial charge on any atom is -0.359 e. The molecule has 1 aromatic rings. The van der Waals surface area contributed by atoms with Crippen molar-refractivity contribution in [2.24, 2.45) is 11.8 Å². The molecule has 1 aliphatic rings. The van der Waals surface area contributed by atoms with Gasteiger partial charge in [0.15, 0.2) is 5.78 Å². The van der Waals surface area contributed by atoms with E-state index in [1.807, 2.05) is 18.3 Å². The molecule has 1 heterocycles. The SMILES string of the molecule is CC1CCC(C(=O)c2ccc[nH]2)CC1. The second-order valence-electron chi connectivity index (χ2n) is 4.40. The highest BCUT2D eigenvalue weighted by Gasteiger charge is 2.25. The van der Waals surface area contributed by atoms with E-state index in [0.717, 1.165) is 24.5 Å². The molecule has 1 N–H and O–H groups in total. The van der Waals surface area contributed by atoms with Gasteiger partial charge in [-0.2, -0.15) is 0 Å². The minimum atomic E-state index is 0.268. The summed E-state index contributed by atoms with van der Waals surface area (Å²) in [5, 5.41) is 0. The number of Topliss-reactive ketones (excluding diaryl/α,β-unsaturated/α-hetero) is 1. The predicted molar refractivity (Wildman–Crippen MR) is 56.2 cm³/mol. The van der Waals surface area contributed by atoms with E-state index >= 15 is 0 Å². The van der Waals surface area contributed by atoms with Crippen molar-refractivity contribution in [1.82, 2.24) is 4.98 Å². The fraction of sp³-hybridized carbons (Fsp3) is 0.583. The molecule has 0 saturated heterocycles. The number of aromatic amines is 1. The molecule has 1 aromatic heterocycles. The average Bonchev–Trinajstić information content (AvgIpc) is 2.71. The molecular formula is C12H17NO. The minimum absolute atomic E-state index is 0.268. The Hall–Kier alpha value is -1.05. The number of hydrogen-bond acceptors (Lipinski definition) is 1. The van der Waals surface area contributed by atoms with Crippen LogP contribution in [0.4, 0.5) is 0 Å². The van der Waals surface area contributed by atoms with E-state index < -0.39 is 0 Å². The van der Waals surface area contributed by atoms with Crippen molar-refractivity contribution < 1.29 is 4.79 Å². The number of hydrogen-bond donors (Lipinski definition) is 1. The first-order valence-corrected chi connectivity index (χ1v) is 5.45. The lowest BCUT2D eigenvalue weighted by atomic mass is 9.80. The van der Waals surface area contributed by atoms with Crippen molar-refractivity contribution in [3.8, 4) is 0 Å². The summed E-state index contributed by atoms with van der Waals surface area (Å²) in [6.45, 7) is 2.27. The number of nitrogens with one attached hydrogen (secondary N) is 1. The number of rotatable bonds is 2. The molecule has 0 bridgehead atoms. The molecule has 0 aliphatic heterocycles. The fourth-order valence-corrected chi connectivity index (χ4v) is 2.23. The third kappa shape index (κ3) is 1.89. The van der Waals surface area contributed by atoms with Crippen LogP contribution in [0.2, 0.25) is 0 Å². The number of aromatic nitrogens is 1. The Morgan fingerprint density at radius 3 is 2.64 bits per heavy atom. The van der Waals surface area contributed by atoms with Crippen LogP contribution in [0.3, 0.4) is 0 Å². The Bertz CT molecular complexity index is 294. The van der Waals surface area contributed by atoms with Crippen molar-refractivity contribution >= 4 is 5.78 Å². The third-order valence-electron chi connectivity index (χ3n) is 3.25. The van der Waals surface area contributed by atoms with Gasteiger partial charge in [0, 0.05) is 12.1 Å². The highest BCUT2D eigenvalue weighted by Crippen LogP contribution is 2.30. The van der Waals surface area contributed by atoms with E-state index in [4.69, 9.17) is 0 Å². The van der Waals surface area contributed by atoms with Gasteiger partial charge in [0.05, 0.1) is 5.69 Å². The molecule has 2 nitrogen and oxygen atoms in total. The van der Waals surface area contributed by atoms with Crippen molar-refractivity contribution in [2.45, 2.75) is 32.6 Å². The summed E-state index contributed by atoms with van der Waals surface area (Å²) < 4.78 is 0. The van der Waals surface area contributed by atoms with Gasteiger partial charge in [-0.3, -0.25) is 4.79 Å². The van der Waals surface area contributed by atoms with Crippen molar-refractivity contribution in [3.05, 3.63) is 24.0 Å². The molecule has 1 saturated carbocycles. The monoisotopic (exact) mass is 191 g/mol. The van der Waals surface area contributed by atoms with E-state index in [1.165, 1.54) is 12.8 Å². The number of H-pyrrole nitrogens is 1. The normalized spacial score (nSPS) is 27.5. The molecule has 0 amide bonds. The zero-order valence-corrected chi connectivity index (χ0v) is 8.62. The van der Waals surface area contributed by atoms with Crippen LogP contribution >= 0.6 is 0 Å². The zero-order chi connectivity index (χ0) is 9.97. The Morgan fingerprint density at radius 2 is 2.07 bits per heavy atom. The maximum absolute atomic E-state index is 11.9. The van der Waals surface area contributed by atoms with Gasteiger partial charge < -0.3 is 4.98 Å². The Morgan fingerprint density at radius 1 is 1.36 bits per heavy atom. The van der Waals surface area contributed by atoms with E-state index in [2.05, 4.69) is 11.9 Å².